The van der Waals surface area contributed by atoms with Crippen LogP contribution in [-0.4, -0.2) is 32.0 Å². The third-order valence-electron chi connectivity index (χ3n) is 1.82. The highest BCUT2D eigenvalue weighted by Crippen LogP contribution is 2.19. The van der Waals surface area contributed by atoms with E-state index in [9.17, 15) is 9.59 Å². The Bertz CT molecular complexity index is 403. The summed E-state index contributed by atoms with van der Waals surface area (Å²) in [6, 6.07) is 1.81. The second-order valence-electron chi connectivity index (χ2n) is 2.65. The molecule has 0 aromatic rings. The van der Waals surface area contributed by atoms with Crippen LogP contribution in [0.1, 0.15) is 0 Å². The number of amides is 1. The van der Waals surface area contributed by atoms with Crippen LogP contribution in [0.4, 0.5) is 0 Å². The Morgan fingerprint density at radius 3 is 2.73 bits per heavy atom. The first kappa shape index (κ1) is 10.9. The van der Waals surface area contributed by atoms with Crippen molar-refractivity contribution in [3.05, 3.63) is 11.6 Å². The van der Waals surface area contributed by atoms with Gasteiger partial charge in [-0.1, -0.05) is 0 Å². The molecule has 78 valence electrons. The number of hydrogen-bond acceptors (Lipinski definition) is 5. The molecule has 1 rings (SSSR count). The standard InChI is InChI=1S/C9H8N2O4/c1-14-8-6(4-10)5(9(13)15-2)3-7(12)11-8/h3,6H,1-2H3. The average Bonchev–Trinajstić information content (AvgIpc) is 2.26. The number of carbonyl (C=O) groups excluding carboxylic acids is 2. The van der Waals surface area contributed by atoms with Gasteiger partial charge in [0, 0.05) is 6.08 Å². The van der Waals surface area contributed by atoms with Crippen LogP contribution >= 0.6 is 0 Å². The summed E-state index contributed by atoms with van der Waals surface area (Å²) in [5, 5.41) is 8.82. The van der Waals surface area contributed by atoms with E-state index in [0.717, 1.165) is 6.08 Å². The van der Waals surface area contributed by atoms with Crippen molar-refractivity contribution < 1.29 is 19.1 Å². The van der Waals surface area contributed by atoms with Gasteiger partial charge >= 0.3 is 5.97 Å². The monoisotopic (exact) mass is 208 g/mol. The van der Waals surface area contributed by atoms with Crippen LogP contribution in [0.25, 0.3) is 0 Å². The molecule has 0 bridgehead atoms. The topological polar surface area (TPSA) is 88.8 Å². The first-order valence-electron chi connectivity index (χ1n) is 4.00. The molecule has 6 nitrogen and oxygen atoms in total. The number of hydrogen-bond donors (Lipinski definition) is 0. The van der Waals surface area contributed by atoms with Gasteiger partial charge in [0.15, 0.2) is 5.92 Å². The fourth-order valence-corrected chi connectivity index (χ4v) is 1.14. The highest BCUT2D eigenvalue weighted by atomic mass is 16.5. The van der Waals surface area contributed by atoms with E-state index in [1.54, 1.807) is 0 Å². The Morgan fingerprint density at radius 1 is 1.60 bits per heavy atom. The van der Waals surface area contributed by atoms with Crippen molar-refractivity contribution in [2.75, 3.05) is 14.2 Å². The molecule has 6 heteroatoms. The van der Waals surface area contributed by atoms with Gasteiger partial charge < -0.3 is 9.47 Å². The van der Waals surface area contributed by atoms with E-state index in [2.05, 4.69) is 9.73 Å². The molecule has 0 fully saturated rings. The molecule has 1 atom stereocenters. The van der Waals surface area contributed by atoms with Crippen molar-refractivity contribution in [2.45, 2.75) is 0 Å². The van der Waals surface area contributed by atoms with Gasteiger partial charge in [-0.25, -0.2) is 4.79 Å². The Morgan fingerprint density at radius 2 is 2.27 bits per heavy atom. The third-order valence-corrected chi connectivity index (χ3v) is 1.82. The Labute approximate surface area is 85.8 Å². The van der Waals surface area contributed by atoms with Gasteiger partial charge in [0.1, 0.15) is 0 Å². The summed E-state index contributed by atoms with van der Waals surface area (Å²) in [7, 11) is 2.44. The van der Waals surface area contributed by atoms with Crippen molar-refractivity contribution in [1.82, 2.24) is 0 Å². The Kier molecular flexibility index (Phi) is 3.18. The second-order valence-corrected chi connectivity index (χ2v) is 2.65. The summed E-state index contributed by atoms with van der Waals surface area (Å²) in [6.07, 6.45) is 0.974. The largest absolute Gasteiger partial charge is 0.483 e. The first-order chi connectivity index (χ1) is 7.13. The van der Waals surface area contributed by atoms with Gasteiger partial charge in [-0.15, -0.1) is 0 Å². The van der Waals surface area contributed by atoms with Crippen LogP contribution in [0.15, 0.2) is 16.6 Å². The van der Waals surface area contributed by atoms with Gasteiger partial charge in [0.2, 0.25) is 5.90 Å². The summed E-state index contributed by atoms with van der Waals surface area (Å²) in [6.45, 7) is 0. The van der Waals surface area contributed by atoms with Crippen LogP contribution in [0, 0.1) is 17.2 Å². The highest BCUT2D eigenvalue weighted by Gasteiger charge is 2.32. The minimum absolute atomic E-state index is 0.0585. The molecule has 0 saturated carbocycles. The lowest BCUT2D eigenvalue weighted by molar-refractivity contribution is -0.136. The van der Waals surface area contributed by atoms with Gasteiger partial charge in [-0.05, 0) is 0 Å². The van der Waals surface area contributed by atoms with Crippen LogP contribution < -0.4 is 0 Å². The predicted molar refractivity (Wildman–Crippen MR) is 48.7 cm³/mol. The van der Waals surface area contributed by atoms with Gasteiger partial charge in [0.05, 0.1) is 25.9 Å². The highest BCUT2D eigenvalue weighted by molar-refractivity contribution is 6.11. The summed E-state index contributed by atoms with van der Waals surface area (Å²) in [5.41, 5.74) is -0.0585. The van der Waals surface area contributed by atoms with E-state index in [4.69, 9.17) is 10.00 Å². The lowest BCUT2D eigenvalue weighted by Gasteiger charge is -2.15. The van der Waals surface area contributed by atoms with Crippen LogP contribution in [-0.2, 0) is 19.1 Å². The minimum Gasteiger partial charge on any atom is -0.483 e. The molecule has 1 heterocycles. The molecular formula is C9H8N2O4. The predicted octanol–water partition coefficient (Wildman–Crippen LogP) is -0.189. The number of rotatable bonds is 1. The molecule has 0 N–H and O–H groups in total. The lowest BCUT2D eigenvalue weighted by atomic mass is 9.98. The third kappa shape index (κ3) is 2.02. The summed E-state index contributed by atoms with van der Waals surface area (Å²) >= 11 is 0. The molecule has 0 spiro atoms. The number of nitriles is 1. The number of methoxy groups -OCH3 is 2. The maximum atomic E-state index is 11.2. The molecule has 0 aliphatic carbocycles. The molecule has 15 heavy (non-hydrogen) atoms. The SMILES string of the molecule is COC(=O)C1=CC(=O)N=C(OC)C1C#N. The van der Waals surface area contributed by atoms with Crippen molar-refractivity contribution in [2.24, 2.45) is 10.9 Å². The number of dihydropyridines is 1. The lowest BCUT2D eigenvalue weighted by Crippen LogP contribution is -2.27. The summed E-state index contributed by atoms with van der Waals surface area (Å²) < 4.78 is 9.19. The zero-order valence-corrected chi connectivity index (χ0v) is 8.18. The molecule has 1 amide bonds. The summed E-state index contributed by atoms with van der Waals surface area (Å²) in [5.74, 6) is -2.45. The normalized spacial score (nSPS) is 19.8. The van der Waals surface area contributed by atoms with Crippen LogP contribution in [0.5, 0.6) is 0 Å². The molecule has 0 aromatic carbocycles. The fraction of sp³-hybridized carbons (Fsp3) is 0.333. The van der Waals surface area contributed by atoms with E-state index < -0.39 is 17.8 Å². The van der Waals surface area contributed by atoms with Crippen LogP contribution in [0.3, 0.4) is 0 Å². The smallest absolute Gasteiger partial charge is 0.335 e. The summed E-state index contributed by atoms with van der Waals surface area (Å²) in [4.78, 5) is 25.8. The van der Waals surface area contributed by atoms with E-state index in [-0.39, 0.29) is 11.5 Å². The van der Waals surface area contributed by atoms with Gasteiger partial charge in [0.25, 0.3) is 5.91 Å². The Hall–Kier alpha value is -2.16. The Balaban J connectivity index is 3.12. The van der Waals surface area contributed by atoms with E-state index in [1.165, 1.54) is 14.2 Å². The molecule has 0 radical (unpaired) electrons. The molecule has 0 aromatic heterocycles. The second kappa shape index (κ2) is 4.37. The average molecular weight is 208 g/mol. The zero-order valence-electron chi connectivity index (χ0n) is 8.18. The van der Waals surface area contributed by atoms with Crippen molar-refractivity contribution in [1.29, 1.82) is 5.26 Å². The quantitative estimate of drug-likeness (QED) is 0.557. The first-order valence-corrected chi connectivity index (χ1v) is 4.00. The van der Waals surface area contributed by atoms with E-state index >= 15 is 0 Å². The van der Waals surface area contributed by atoms with Crippen molar-refractivity contribution >= 4 is 17.8 Å². The van der Waals surface area contributed by atoms with Crippen LogP contribution in [0.2, 0.25) is 0 Å². The maximum absolute atomic E-state index is 11.2. The molecule has 0 saturated heterocycles. The van der Waals surface area contributed by atoms with Gasteiger partial charge in [-0.3, -0.25) is 4.79 Å². The molecule has 1 unspecified atom stereocenters. The molecule has 1 aliphatic rings. The fourth-order valence-electron chi connectivity index (χ4n) is 1.14. The molecular weight excluding hydrogens is 200 g/mol. The van der Waals surface area contributed by atoms with Gasteiger partial charge in [-0.2, -0.15) is 10.3 Å². The minimum atomic E-state index is -0.986. The number of nitrogens with zero attached hydrogens (tertiary/aromatic N) is 2. The molecule has 1 aliphatic heterocycles. The number of carbonyl (C=O) groups is 2. The van der Waals surface area contributed by atoms with Crippen molar-refractivity contribution in [3.8, 4) is 6.07 Å². The number of esters is 1. The zero-order chi connectivity index (χ0) is 11.4. The van der Waals surface area contributed by atoms with Crippen molar-refractivity contribution in [3.63, 3.8) is 0 Å². The van der Waals surface area contributed by atoms with E-state index in [1.807, 2.05) is 6.07 Å². The number of ether oxygens (including phenoxy) is 2. The maximum Gasteiger partial charge on any atom is 0.335 e. The number of aliphatic imine (C=N–C) groups is 1. The van der Waals surface area contributed by atoms with E-state index in [0.29, 0.717) is 0 Å².